The number of nitrogens with one attached hydrogen (secondary N) is 1. The van der Waals surface area contributed by atoms with E-state index < -0.39 is 5.41 Å². The molecule has 0 heterocycles. The minimum atomic E-state index is -0.463. The van der Waals surface area contributed by atoms with Crippen LogP contribution in [0.15, 0.2) is 18.2 Å². The molecule has 0 bridgehead atoms. The van der Waals surface area contributed by atoms with Crippen molar-refractivity contribution < 1.29 is 4.79 Å². The van der Waals surface area contributed by atoms with Gasteiger partial charge in [0.15, 0.2) is 0 Å². The van der Waals surface area contributed by atoms with E-state index in [-0.39, 0.29) is 5.91 Å². The summed E-state index contributed by atoms with van der Waals surface area (Å²) in [6, 6.07) is 6.13. The number of hydrogen-bond donors (Lipinski definition) is 2. The highest BCUT2D eigenvalue weighted by Crippen LogP contribution is 2.29. The Morgan fingerprint density at radius 2 is 1.95 bits per heavy atom. The summed E-state index contributed by atoms with van der Waals surface area (Å²) >= 11 is 1.91. The highest BCUT2D eigenvalue weighted by molar-refractivity contribution is 7.99. The van der Waals surface area contributed by atoms with Crippen molar-refractivity contribution in [2.24, 2.45) is 11.1 Å². The van der Waals surface area contributed by atoms with Gasteiger partial charge >= 0.3 is 0 Å². The molecule has 124 valence electrons. The maximum atomic E-state index is 12.7. The fraction of sp³-hybridized carbons (Fsp3) is 0.611. The molecule has 4 heteroatoms. The molecule has 0 radical (unpaired) electrons. The number of hydrogen-bond acceptors (Lipinski definition) is 3. The fourth-order valence-electron chi connectivity index (χ4n) is 2.44. The number of carbonyl (C=O) groups excluding carboxylic acids is 1. The minimum Gasteiger partial charge on any atom is -0.329 e. The Kier molecular flexibility index (Phi) is 7.43. The van der Waals surface area contributed by atoms with Gasteiger partial charge in [-0.1, -0.05) is 39.8 Å². The first-order valence-electron chi connectivity index (χ1n) is 8.11. The molecular formula is C18H30N2OS. The van der Waals surface area contributed by atoms with Crippen LogP contribution in [0.25, 0.3) is 0 Å². The lowest BCUT2D eigenvalue weighted by atomic mass is 9.81. The number of amides is 1. The van der Waals surface area contributed by atoms with E-state index in [2.05, 4.69) is 32.2 Å². The van der Waals surface area contributed by atoms with Crippen molar-refractivity contribution in [1.29, 1.82) is 0 Å². The van der Waals surface area contributed by atoms with Crippen LogP contribution in [-0.4, -0.2) is 17.7 Å². The normalized spacial score (nSPS) is 11.8. The van der Waals surface area contributed by atoms with Crippen LogP contribution in [0.1, 0.15) is 51.7 Å². The number of benzene rings is 1. The Labute approximate surface area is 139 Å². The first-order valence-corrected chi connectivity index (χ1v) is 9.16. The van der Waals surface area contributed by atoms with E-state index >= 15 is 0 Å². The third-order valence-corrected chi connectivity index (χ3v) is 5.64. The lowest BCUT2D eigenvalue weighted by Crippen LogP contribution is -2.41. The number of anilines is 1. The zero-order valence-electron chi connectivity index (χ0n) is 14.5. The molecule has 0 atom stereocenters. The maximum Gasteiger partial charge on any atom is 0.231 e. The predicted molar refractivity (Wildman–Crippen MR) is 98.3 cm³/mol. The Morgan fingerprint density at radius 1 is 1.32 bits per heavy atom. The van der Waals surface area contributed by atoms with Crippen molar-refractivity contribution in [2.45, 2.75) is 58.5 Å². The second-order valence-electron chi connectivity index (χ2n) is 6.10. The summed E-state index contributed by atoms with van der Waals surface area (Å²) in [6.07, 6.45) is 1.52. The zero-order chi connectivity index (χ0) is 16.8. The predicted octanol–water partition coefficient (Wildman–Crippen LogP) is 4.34. The first-order chi connectivity index (χ1) is 10.4. The molecule has 1 aromatic rings. The van der Waals surface area contributed by atoms with Crippen molar-refractivity contribution in [3.05, 3.63) is 29.3 Å². The summed E-state index contributed by atoms with van der Waals surface area (Å²) in [4.78, 5) is 12.7. The van der Waals surface area contributed by atoms with Gasteiger partial charge in [0.05, 0.1) is 5.41 Å². The lowest BCUT2D eigenvalue weighted by molar-refractivity contribution is -0.125. The Morgan fingerprint density at radius 3 is 2.45 bits per heavy atom. The number of nitrogens with two attached hydrogens (primary N) is 1. The van der Waals surface area contributed by atoms with E-state index in [0.29, 0.717) is 11.8 Å². The zero-order valence-corrected chi connectivity index (χ0v) is 15.3. The summed E-state index contributed by atoms with van der Waals surface area (Å²) < 4.78 is 0. The molecule has 0 fully saturated rings. The second-order valence-corrected chi connectivity index (χ2v) is 7.66. The summed E-state index contributed by atoms with van der Waals surface area (Å²) in [7, 11) is 0. The molecule has 1 aromatic carbocycles. The van der Waals surface area contributed by atoms with E-state index in [1.54, 1.807) is 0 Å². The average Bonchev–Trinajstić information content (AvgIpc) is 2.50. The largest absolute Gasteiger partial charge is 0.329 e. The van der Waals surface area contributed by atoms with Gasteiger partial charge in [-0.15, -0.1) is 0 Å². The molecule has 0 saturated heterocycles. The van der Waals surface area contributed by atoms with Gasteiger partial charge < -0.3 is 11.1 Å². The molecule has 3 nitrogen and oxygen atoms in total. The van der Waals surface area contributed by atoms with E-state index in [0.717, 1.165) is 29.8 Å². The van der Waals surface area contributed by atoms with Gasteiger partial charge in [-0.25, -0.2) is 0 Å². The van der Waals surface area contributed by atoms with Crippen LogP contribution in [0.5, 0.6) is 0 Å². The first kappa shape index (κ1) is 19.0. The maximum absolute atomic E-state index is 12.7. The molecule has 0 aliphatic carbocycles. The Balaban J connectivity index is 2.94. The molecule has 0 spiro atoms. The van der Waals surface area contributed by atoms with Crippen molar-refractivity contribution in [3.8, 4) is 0 Å². The molecule has 0 aliphatic heterocycles. The molecular weight excluding hydrogens is 292 g/mol. The quantitative estimate of drug-likeness (QED) is 0.748. The standard InChI is InChI=1S/C18H30N2OS/c1-6-18(7-2,12-19)17(21)20-16-10-8-9-15(14(16)5)11-22-13(3)4/h8-10,13H,6-7,11-12,19H2,1-5H3,(H,20,21). The number of carbonyl (C=O) groups is 1. The van der Waals surface area contributed by atoms with Crippen molar-refractivity contribution in [2.75, 3.05) is 11.9 Å². The van der Waals surface area contributed by atoms with Crippen LogP contribution in [-0.2, 0) is 10.5 Å². The average molecular weight is 323 g/mol. The highest BCUT2D eigenvalue weighted by Gasteiger charge is 2.33. The van der Waals surface area contributed by atoms with Gasteiger partial charge in [0.2, 0.25) is 5.91 Å². The smallest absolute Gasteiger partial charge is 0.231 e. The number of thioether (sulfide) groups is 1. The monoisotopic (exact) mass is 322 g/mol. The number of rotatable bonds is 8. The van der Waals surface area contributed by atoms with E-state index in [1.165, 1.54) is 5.56 Å². The second kappa shape index (κ2) is 8.59. The van der Waals surface area contributed by atoms with Crippen molar-refractivity contribution >= 4 is 23.4 Å². The van der Waals surface area contributed by atoms with Gasteiger partial charge in [0, 0.05) is 18.0 Å². The third kappa shape index (κ3) is 4.50. The third-order valence-electron chi connectivity index (χ3n) is 4.49. The van der Waals surface area contributed by atoms with Crippen molar-refractivity contribution in [3.63, 3.8) is 0 Å². The molecule has 0 unspecified atom stereocenters. The van der Waals surface area contributed by atoms with Gasteiger partial charge in [-0.05, 0) is 42.2 Å². The van der Waals surface area contributed by atoms with E-state index in [9.17, 15) is 4.79 Å². The summed E-state index contributed by atoms with van der Waals surface area (Å²) in [5.41, 5.74) is 8.75. The summed E-state index contributed by atoms with van der Waals surface area (Å²) in [6.45, 7) is 10.9. The van der Waals surface area contributed by atoms with Gasteiger partial charge in [-0.2, -0.15) is 11.8 Å². The van der Waals surface area contributed by atoms with Crippen LogP contribution < -0.4 is 11.1 Å². The van der Waals surface area contributed by atoms with Crippen molar-refractivity contribution in [1.82, 2.24) is 0 Å². The fourth-order valence-corrected chi connectivity index (χ4v) is 3.26. The van der Waals surface area contributed by atoms with Gasteiger partial charge in [0.25, 0.3) is 0 Å². The summed E-state index contributed by atoms with van der Waals surface area (Å²) in [5, 5.41) is 3.70. The van der Waals surface area contributed by atoms with Crippen LogP contribution in [0.4, 0.5) is 5.69 Å². The molecule has 1 rings (SSSR count). The topological polar surface area (TPSA) is 55.1 Å². The van der Waals surface area contributed by atoms with E-state index in [4.69, 9.17) is 5.73 Å². The molecule has 3 N–H and O–H groups in total. The molecule has 0 aliphatic rings. The SMILES string of the molecule is CCC(CC)(CN)C(=O)Nc1cccc(CSC(C)C)c1C. The van der Waals surface area contributed by atoms with Gasteiger partial charge in [0.1, 0.15) is 0 Å². The molecule has 22 heavy (non-hydrogen) atoms. The summed E-state index contributed by atoms with van der Waals surface area (Å²) in [5.74, 6) is 1.01. The molecule has 0 aromatic heterocycles. The van der Waals surface area contributed by atoms with Crippen LogP contribution in [0.3, 0.4) is 0 Å². The Hall–Kier alpha value is -1.00. The van der Waals surface area contributed by atoms with E-state index in [1.807, 2.05) is 37.7 Å². The molecule has 0 saturated carbocycles. The highest BCUT2D eigenvalue weighted by atomic mass is 32.2. The lowest BCUT2D eigenvalue weighted by Gasteiger charge is -2.29. The van der Waals surface area contributed by atoms with Crippen LogP contribution in [0, 0.1) is 12.3 Å². The van der Waals surface area contributed by atoms with Crippen LogP contribution in [0.2, 0.25) is 0 Å². The Bertz CT molecular complexity index is 488. The van der Waals surface area contributed by atoms with Gasteiger partial charge in [-0.3, -0.25) is 4.79 Å². The van der Waals surface area contributed by atoms with Crippen LogP contribution >= 0.6 is 11.8 Å². The minimum absolute atomic E-state index is 0.0387. The molecule has 1 amide bonds.